The highest BCUT2D eigenvalue weighted by Gasteiger charge is 2.36. The predicted molar refractivity (Wildman–Crippen MR) is 85.6 cm³/mol. The number of nitrogens with one attached hydrogen (secondary N) is 1. The van der Waals surface area contributed by atoms with Crippen molar-refractivity contribution in [2.75, 3.05) is 19.7 Å². The Kier molecular flexibility index (Phi) is 4.12. The number of carbonyl (C=O) groups excluding carboxylic acids is 1. The van der Waals surface area contributed by atoms with Gasteiger partial charge in [0, 0.05) is 24.9 Å². The fourth-order valence-electron chi connectivity index (χ4n) is 3.19. The number of hydrogen-bond acceptors (Lipinski definition) is 5. The van der Waals surface area contributed by atoms with Gasteiger partial charge in [-0.3, -0.25) is 9.89 Å². The molecule has 2 aromatic rings. The van der Waals surface area contributed by atoms with E-state index in [0.29, 0.717) is 31.9 Å². The fourth-order valence-corrected chi connectivity index (χ4v) is 3.19. The summed E-state index contributed by atoms with van der Waals surface area (Å²) in [6, 6.07) is 4.75. The lowest BCUT2D eigenvalue weighted by atomic mass is 10.1. The molecule has 3 heterocycles. The third-order valence-electron chi connectivity index (χ3n) is 4.54. The molecule has 1 fully saturated rings. The zero-order chi connectivity index (χ0) is 17.4. The number of fused-ring (bicyclic) bond motifs is 1. The molecule has 1 N–H and O–H groups in total. The first-order valence-corrected chi connectivity index (χ1v) is 8.41. The fraction of sp³-hybridized carbons (Fsp3) is 0.471. The summed E-state index contributed by atoms with van der Waals surface area (Å²) >= 11 is 0. The minimum Gasteiger partial charge on any atom is -0.477 e. The van der Waals surface area contributed by atoms with Gasteiger partial charge < -0.3 is 14.4 Å². The largest absolute Gasteiger partial charge is 0.477 e. The SMILES string of the molecule is CCc1nc([C@H]2CN(C(=O)[C@H]3Cc4cccc(F)c4O3)CCO2)n[nH]1. The minimum atomic E-state index is -0.691. The molecule has 2 aliphatic heterocycles. The van der Waals surface area contributed by atoms with Crippen molar-refractivity contribution >= 4 is 5.91 Å². The Labute approximate surface area is 144 Å². The van der Waals surface area contributed by atoms with Crippen LogP contribution in [0.1, 0.15) is 30.2 Å². The lowest BCUT2D eigenvalue weighted by molar-refractivity contribution is -0.146. The zero-order valence-electron chi connectivity index (χ0n) is 13.9. The summed E-state index contributed by atoms with van der Waals surface area (Å²) in [5.74, 6) is 0.936. The number of hydrogen-bond donors (Lipinski definition) is 1. The van der Waals surface area contributed by atoms with Gasteiger partial charge >= 0.3 is 0 Å². The maximum Gasteiger partial charge on any atom is 0.264 e. The molecule has 0 aliphatic carbocycles. The number of aromatic amines is 1. The predicted octanol–water partition coefficient (Wildman–Crippen LogP) is 1.41. The van der Waals surface area contributed by atoms with Crippen molar-refractivity contribution in [3.05, 3.63) is 41.2 Å². The Balaban J connectivity index is 1.45. The number of carbonyl (C=O) groups is 1. The van der Waals surface area contributed by atoms with E-state index < -0.39 is 11.9 Å². The normalized spacial score (nSPS) is 22.6. The van der Waals surface area contributed by atoms with Crippen LogP contribution in [-0.2, 0) is 22.4 Å². The van der Waals surface area contributed by atoms with E-state index in [2.05, 4.69) is 15.2 Å². The molecule has 8 heteroatoms. The third-order valence-corrected chi connectivity index (χ3v) is 4.54. The monoisotopic (exact) mass is 346 g/mol. The molecule has 2 atom stereocenters. The van der Waals surface area contributed by atoms with Crippen LogP contribution < -0.4 is 4.74 Å². The number of ether oxygens (including phenoxy) is 2. The van der Waals surface area contributed by atoms with E-state index in [9.17, 15) is 9.18 Å². The first-order chi connectivity index (χ1) is 12.2. The number of aromatic nitrogens is 3. The molecule has 0 unspecified atom stereocenters. The highest BCUT2D eigenvalue weighted by molar-refractivity contribution is 5.82. The molecule has 2 aliphatic rings. The van der Waals surface area contributed by atoms with Crippen LogP contribution in [0.4, 0.5) is 4.39 Å². The lowest BCUT2D eigenvalue weighted by Crippen LogP contribution is -2.48. The van der Waals surface area contributed by atoms with Gasteiger partial charge in [-0.1, -0.05) is 19.1 Å². The average Bonchev–Trinajstić information content (AvgIpc) is 3.29. The molecule has 25 heavy (non-hydrogen) atoms. The number of para-hydroxylation sites is 1. The van der Waals surface area contributed by atoms with Gasteiger partial charge in [-0.25, -0.2) is 9.37 Å². The number of H-pyrrole nitrogens is 1. The Morgan fingerprint density at radius 1 is 1.48 bits per heavy atom. The molecule has 0 bridgehead atoms. The molecule has 1 aromatic carbocycles. The maximum atomic E-state index is 13.8. The summed E-state index contributed by atoms with van der Waals surface area (Å²) in [6.07, 6.45) is 0.0789. The Morgan fingerprint density at radius 2 is 2.36 bits per heavy atom. The van der Waals surface area contributed by atoms with Crippen LogP contribution in [0.25, 0.3) is 0 Å². The number of nitrogens with zero attached hydrogens (tertiary/aromatic N) is 3. The van der Waals surface area contributed by atoms with Gasteiger partial charge in [-0.05, 0) is 6.07 Å². The molecule has 0 saturated carbocycles. The van der Waals surface area contributed by atoms with Crippen molar-refractivity contribution in [3.8, 4) is 5.75 Å². The zero-order valence-corrected chi connectivity index (χ0v) is 13.9. The van der Waals surface area contributed by atoms with Gasteiger partial charge in [0.1, 0.15) is 11.9 Å². The van der Waals surface area contributed by atoms with Crippen LogP contribution >= 0.6 is 0 Å². The second-order valence-corrected chi connectivity index (χ2v) is 6.18. The highest BCUT2D eigenvalue weighted by atomic mass is 19.1. The second-order valence-electron chi connectivity index (χ2n) is 6.18. The van der Waals surface area contributed by atoms with Gasteiger partial charge in [0.05, 0.1) is 13.2 Å². The van der Waals surface area contributed by atoms with E-state index in [1.165, 1.54) is 6.07 Å². The summed E-state index contributed by atoms with van der Waals surface area (Å²) in [5, 5.41) is 7.03. The van der Waals surface area contributed by atoms with Crippen molar-refractivity contribution in [2.45, 2.75) is 32.0 Å². The minimum absolute atomic E-state index is 0.157. The molecule has 4 rings (SSSR count). The molecule has 1 amide bonds. The first kappa shape index (κ1) is 16.0. The van der Waals surface area contributed by atoms with Crippen molar-refractivity contribution in [2.24, 2.45) is 0 Å². The number of halogens is 1. The summed E-state index contributed by atoms with van der Waals surface area (Å²) < 4.78 is 25.1. The molecule has 0 radical (unpaired) electrons. The topological polar surface area (TPSA) is 80.3 Å². The van der Waals surface area contributed by atoms with E-state index >= 15 is 0 Å². The Morgan fingerprint density at radius 3 is 3.12 bits per heavy atom. The Bertz CT molecular complexity index is 794. The van der Waals surface area contributed by atoms with Crippen molar-refractivity contribution in [1.82, 2.24) is 20.1 Å². The number of morpholine rings is 1. The molecular formula is C17H19FN4O3. The van der Waals surface area contributed by atoms with Gasteiger partial charge in [0.15, 0.2) is 23.5 Å². The van der Waals surface area contributed by atoms with Crippen molar-refractivity contribution < 1.29 is 18.7 Å². The third kappa shape index (κ3) is 2.97. The molecular weight excluding hydrogens is 327 g/mol. The molecule has 132 valence electrons. The Hall–Kier alpha value is -2.48. The number of rotatable bonds is 3. The van der Waals surface area contributed by atoms with E-state index in [0.717, 1.165) is 17.8 Å². The first-order valence-electron chi connectivity index (χ1n) is 8.41. The number of aryl methyl sites for hydroxylation is 1. The van der Waals surface area contributed by atoms with E-state index in [4.69, 9.17) is 9.47 Å². The van der Waals surface area contributed by atoms with Gasteiger partial charge in [-0.2, -0.15) is 5.10 Å². The summed E-state index contributed by atoms with van der Waals surface area (Å²) in [6.45, 7) is 3.22. The molecule has 0 spiro atoms. The lowest BCUT2D eigenvalue weighted by Gasteiger charge is -2.32. The quantitative estimate of drug-likeness (QED) is 0.909. The van der Waals surface area contributed by atoms with Crippen LogP contribution in [0, 0.1) is 5.82 Å². The van der Waals surface area contributed by atoms with Crippen LogP contribution in [0.5, 0.6) is 5.75 Å². The van der Waals surface area contributed by atoms with E-state index in [1.54, 1.807) is 17.0 Å². The summed E-state index contributed by atoms with van der Waals surface area (Å²) in [7, 11) is 0. The standard InChI is InChI=1S/C17H19FN4O3/c1-2-14-19-16(21-20-14)13-9-22(6-7-24-13)17(23)12-8-10-4-3-5-11(18)15(10)25-12/h3-5,12-13H,2,6-9H2,1H3,(H,19,20,21)/t12-,13-/m1/s1. The maximum absolute atomic E-state index is 13.8. The van der Waals surface area contributed by atoms with Crippen molar-refractivity contribution in [3.63, 3.8) is 0 Å². The van der Waals surface area contributed by atoms with E-state index in [1.807, 2.05) is 6.92 Å². The molecule has 7 nitrogen and oxygen atoms in total. The van der Waals surface area contributed by atoms with Crippen LogP contribution in [0.3, 0.4) is 0 Å². The summed E-state index contributed by atoms with van der Waals surface area (Å²) in [4.78, 5) is 18.9. The van der Waals surface area contributed by atoms with Crippen LogP contribution in [0.2, 0.25) is 0 Å². The van der Waals surface area contributed by atoms with Crippen molar-refractivity contribution in [1.29, 1.82) is 0 Å². The average molecular weight is 346 g/mol. The van der Waals surface area contributed by atoms with Gasteiger partial charge in [0.2, 0.25) is 0 Å². The second kappa shape index (κ2) is 6.44. The van der Waals surface area contributed by atoms with Crippen LogP contribution in [0.15, 0.2) is 18.2 Å². The number of amides is 1. The molecule has 1 saturated heterocycles. The van der Waals surface area contributed by atoms with Crippen LogP contribution in [-0.4, -0.2) is 51.8 Å². The highest BCUT2D eigenvalue weighted by Crippen LogP contribution is 2.32. The smallest absolute Gasteiger partial charge is 0.264 e. The van der Waals surface area contributed by atoms with Gasteiger partial charge in [-0.15, -0.1) is 0 Å². The van der Waals surface area contributed by atoms with Gasteiger partial charge in [0.25, 0.3) is 5.91 Å². The molecule has 1 aromatic heterocycles. The number of benzene rings is 1. The summed E-state index contributed by atoms with van der Waals surface area (Å²) in [5.41, 5.74) is 0.727. The van der Waals surface area contributed by atoms with E-state index in [-0.39, 0.29) is 17.8 Å².